The van der Waals surface area contributed by atoms with E-state index in [1.165, 1.54) is 5.69 Å². The average molecular weight is 294 g/mol. The van der Waals surface area contributed by atoms with Gasteiger partial charge in [0.1, 0.15) is 5.82 Å². The van der Waals surface area contributed by atoms with Gasteiger partial charge in [-0.3, -0.25) is 0 Å². The zero-order chi connectivity index (χ0) is 12.4. The summed E-state index contributed by atoms with van der Waals surface area (Å²) in [6, 6.07) is 8.25. The molecule has 0 amide bonds. The molecule has 4 heteroatoms. The summed E-state index contributed by atoms with van der Waals surface area (Å²) < 4.78 is 3.21. The summed E-state index contributed by atoms with van der Waals surface area (Å²) in [6.45, 7) is 2.85. The number of hydrogen-bond acceptors (Lipinski definition) is 2. The zero-order valence-corrected chi connectivity index (χ0v) is 11.9. The van der Waals surface area contributed by atoms with E-state index in [0.29, 0.717) is 0 Å². The van der Waals surface area contributed by atoms with Crippen LogP contribution in [0.4, 0.5) is 0 Å². The van der Waals surface area contributed by atoms with Gasteiger partial charge in [-0.2, -0.15) is 0 Å². The summed E-state index contributed by atoms with van der Waals surface area (Å²) in [6.07, 6.45) is 0. The molecule has 0 radical (unpaired) electrons. The minimum absolute atomic E-state index is 0.819. The van der Waals surface area contributed by atoms with E-state index in [2.05, 4.69) is 50.0 Å². The van der Waals surface area contributed by atoms with Crippen LogP contribution in [-0.4, -0.2) is 16.6 Å². The Hall–Kier alpha value is -1.13. The molecule has 1 aromatic heterocycles. The molecule has 0 aliphatic rings. The van der Waals surface area contributed by atoms with Gasteiger partial charge in [-0.1, -0.05) is 28.1 Å². The molecule has 1 N–H and O–H groups in total. The largest absolute Gasteiger partial charge is 0.334 e. The number of rotatable bonds is 3. The average Bonchev–Trinajstić information content (AvgIpc) is 2.58. The lowest BCUT2D eigenvalue weighted by atomic mass is 10.1. The quantitative estimate of drug-likeness (QED) is 0.943. The first-order valence-electron chi connectivity index (χ1n) is 5.56. The maximum atomic E-state index is 4.64. The van der Waals surface area contributed by atoms with Crippen LogP contribution in [-0.2, 0) is 13.6 Å². The van der Waals surface area contributed by atoms with E-state index in [9.17, 15) is 0 Å². The highest BCUT2D eigenvalue weighted by molar-refractivity contribution is 9.10. The van der Waals surface area contributed by atoms with E-state index in [1.807, 2.05) is 26.1 Å². The third-order valence-corrected chi connectivity index (χ3v) is 3.37. The van der Waals surface area contributed by atoms with E-state index >= 15 is 0 Å². The third-order valence-electron chi connectivity index (χ3n) is 2.88. The lowest BCUT2D eigenvalue weighted by molar-refractivity contribution is 0.722. The number of benzene rings is 1. The highest BCUT2D eigenvalue weighted by Crippen LogP contribution is 2.25. The minimum atomic E-state index is 0.819. The van der Waals surface area contributed by atoms with Crippen molar-refractivity contribution >= 4 is 15.9 Å². The highest BCUT2D eigenvalue weighted by atomic mass is 79.9. The molecule has 2 rings (SSSR count). The summed E-state index contributed by atoms with van der Waals surface area (Å²) in [5, 5.41) is 3.19. The topological polar surface area (TPSA) is 29.9 Å². The van der Waals surface area contributed by atoms with Gasteiger partial charge in [-0.05, 0) is 26.1 Å². The molecule has 0 aliphatic carbocycles. The molecule has 2 aromatic rings. The Morgan fingerprint density at radius 2 is 2.18 bits per heavy atom. The van der Waals surface area contributed by atoms with Crippen LogP contribution in [0, 0.1) is 6.92 Å². The molecule has 1 heterocycles. The number of aryl methyl sites for hydroxylation is 1. The molecule has 0 spiro atoms. The summed E-state index contributed by atoms with van der Waals surface area (Å²) in [7, 11) is 4.00. The maximum absolute atomic E-state index is 4.64. The van der Waals surface area contributed by atoms with Gasteiger partial charge in [0.05, 0.1) is 11.4 Å². The summed E-state index contributed by atoms with van der Waals surface area (Å²) >= 11 is 3.50. The Labute approximate surface area is 110 Å². The van der Waals surface area contributed by atoms with E-state index in [1.54, 1.807) is 0 Å². The van der Waals surface area contributed by atoms with Crippen molar-refractivity contribution in [1.82, 2.24) is 14.9 Å². The molecule has 0 bridgehead atoms. The number of nitrogens with zero attached hydrogens (tertiary/aromatic N) is 2. The number of aromatic nitrogens is 2. The molecular weight excluding hydrogens is 278 g/mol. The van der Waals surface area contributed by atoms with Crippen molar-refractivity contribution in [3.05, 3.63) is 40.3 Å². The molecule has 0 fully saturated rings. The Morgan fingerprint density at radius 3 is 2.82 bits per heavy atom. The van der Waals surface area contributed by atoms with E-state index < -0.39 is 0 Å². The van der Waals surface area contributed by atoms with Crippen molar-refractivity contribution in [2.45, 2.75) is 13.5 Å². The van der Waals surface area contributed by atoms with E-state index in [-0.39, 0.29) is 0 Å². The molecule has 17 heavy (non-hydrogen) atoms. The molecule has 0 aliphatic heterocycles. The molecule has 0 atom stereocenters. The van der Waals surface area contributed by atoms with Crippen LogP contribution in [0.1, 0.15) is 11.5 Å². The van der Waals surface area contributed by atoms with Gasteiger partial charge in [0.2, 0.25) is 0 Å². The van der Waals surface area contributed by atoms with Gasteiger partial charge < -0.3 is 9.88 Å². The van der Waals surface area contributed by atoms with Gasteiger partial charge in [0.15, 0.2) is 0 Å². The van der Waals surface area contributed by atoms with Crippen molar-refractivity contribution in [3.63, 3.8) is 0 Å². The number of hydrogen-bond donors (Lipinski definition) is 1. The first-order valence-corrected chi connectivity index (χ1v) is 6.35. The minimum Gasteiger partial charge on any atom is -0.334 e. The van der Waals surface area contributed by atoms with Gasteiger partial charge in [0, 0.05) is 23.6 Å². The van der Waals surface area contributed by atoms with Gasteiger partial charge in [-0.25, -0.2) is 4.98 Å². The van der Waals surface area contributed by atoms with Crippen molar-refractivity contribution in [2.75, 3.05) is 7.05 Å². The Balaban J connectivity index is 2.55. The molecule has 0 saturated carbocycles. The fourth-order valence-electron chi connectivity index (χ4n) is 1.89. The maximum Gasteiger partial charge on any atom is 0.106 e. The van der Waals surface area contributed by atoms with Gasteiger partial charge >= 0.3 is 0 Å². The smallest absolute Gasteiger partial charge is 0.106 e. The summed E-state index contributed by atoms with van der Waals surface area (Å²) in [5.41, 5.74) is 3.41. The van der Waals surface area contributed by atoms with Crippen LogP contribution in [0.25, 0.3) is 11.3 Å². The Morgan fingerprint density at radius 1 is 1.41 bits per heavy atom. The second-order valence-corrected chi connectivity index (χ2v) is 4.97. The number of halogens is 1. The van der Waals surface area contributed by atoms with E-state index in [0.717, 1.165) is 28.1 Å². The summed E-state index contributed by atoms with van der Waals surface area (Å²) in [5.74, 6) is 1.03. The number of nitrogens with one attached hydrogen (secondary N) is 1. The third kappa shape index (κ3) is 2.42. The lowest BCUT2D eigenvalue weighted by Gasteiger charge is -2.06. The molecule has 0 saturated heterocycles. The number of imidazole rings is 1. The van der Waals surface area contributed by atoms with Gasteiger partial charge in [0.25, 0.3) is 0 Å². The first-order chi connectivity index (χ1) is 8.13. The summed E-state index contributed by atoms with van der Waals surface area (Å²) in [4.78, 5) is 4.64. The predicted octanol–water partition coefficient (Wildman–Crippen LogP) is 2.88. The fourth-order valence-corrected chi connectivity index (χ4v) is 2.29. The Bertz CT molecular complexity index is 531. The van der Waals surface area contributed by atoms with Crippen molar-refractivity contribution < 1.29 is 0 Å². The molecule has 3 nitrogen and oxygen atoms in total. The van der Waals surface area contributed by atoms with Crippen LogP contribution in [0.3, 0.4) is 0 Å². The van der Waals surface area contributed by atoms with Crippen LogP contribution in [0.2, 0.25) is 0 Å². The standard InChI is InChI=1S/C13H16BrN3/c1-9-16-13(12(8-15-2)17(9)3)10-5-4-6-11(14)7-10/h4-7,15H,8H2,1-3H3. The molecule has 0 unspecified atom stereocenters. The second-order valence-electron chi connectivity index (χ2n) is 4.05. The predicted molar refractivity (Wildman–Crippen MR) is 73.8 cm³/mol. The van der Waals surface area contributed by atoms with Crippen LogP contribution in [0.5, 0.6) is 0 Å². The normalized spacial score (nSPS) is 10.8. The van der Waals surface area contributed by atoms with Crippen molar-refractivity contribution in [1.29, 1.82) is 0 Å². The highest BCUT2D eigenvalue weighted by Gasteiger charge is 2.13. The second kappa shape index (κ2) is 5.02. The fraction of sp³-hybridized carbons (Fsp3) is 0.308. The Kier molecular flexibility index (Phi) is 3.64. The van der Waals surface area contributed by atoms with Crippen LogP contribution < -0.4 is 5.32 Å². The van der Waals surface area contributed by atoms with Crippen molar-refractivity contribution in [2.24, 2.45) is 7.05 Å². The monoisotopic (exact) mass is 293 g/mol. The lowest BCUT2D eigenvalue weighted by Crippen LogP contribution is -2.10. The van der Waals surface area contributed by atoms with Crippen LogP contribution in [0.15, 0.2) is 28.7 Å². The first kappa shape index (κ1) is 12.3. The molecule has 90 valence electrons. The van der Waals surface area contributed by atoms with Gasteiger partial charge in [-0.15, -0.1) is 0 Å². The molecule has 1 aromatic carbocycles. The zero-order valence-electron chi connectivity index (χ0n) is 10.3. The SMILES string of the molecule is CNCc1c(-c2cccc(Br)c2)nc(C)n1C. The molecular formula is C13H16BrN3. The van der Waals surface area contributed by atoms with Crippen LogP contribution >= 0.6 is 15.9 Å². The van der Waals surface area contributed by atoms with E-state index in [4.69, 9.17) is 0 Å². The van der Waals surface area contributed by atoms with Crippen molar-refractivity contribution in [3.8, 4) is 11.3 Å².